The number of para-hydroxylation sites is 2. The number of nitrogens with one attached hydrogen (secondary N) is 1. The second kappa shape index (κ2) is 10.4. The van der Waals surface area contributed by atoms with Crippen LogP contribution in [-0.2, 0) is 21.3 Å². The third-order valence-corrected chi connectivity index (χ3v) is 5.02. The number of imidazole rings is 1. The van der Waals surface area contributed by atoms with E-state index in [1.807, 2.05) is 37.3 Å². The number of fused-ring (bicyclic) bond motifs is 1. The van der Waals surface area contributed by atoms with E-state index in [0.29, 0.717) is 24.1 Å². The van der Waals surface area contributed by atoms with E-state index < -0.39 is 10.8 Å². The molecule has 0 aliphatic carbocycles. The van der Waals surface area contributed by atoms with Crippen molar-refractivity contribution in [2.45, 2.75) is 24.3 Å². The normalized spacial score (nSPS) is 11.9. The average Bonchev–Trinajstić information content (AvgIpc) is 3.06. The zero-order valence-electron chi connectivity index (χ0n) is 15.0. The summed E-state index contributed by atoms with van der Waals surface area (Å²) in [6, 6.07) is 9.47. The Bertz CT molecular complexity index is 852. The Morgan fingerprint density at radius 1 is 1.19 bits per heavy atom. The fourth-order valence-corrected chi connectivity index (χ4v) is 3.58. The van der Waals surface area contributed by atoms with Crippen LogP contribution in [0.15, 0.2) is 41.7 Å². The number of hydrogen-bond donors (Lipinski definition) is 1. The van der Waals surface area contributed by atoms with Crippen molar-refractivity contribution in [1.29, 1.82) is 0 Å². The van der Waals surface area contributed by atoms with Crippen LogP contribution in [0, 0.1) is 6.92 Å². The van der Waals surface area contributed by atoms with Gasteiger partial charge in [0, 0.05) is 31.9 Å². The molecule has 0 saturated heterocycles. The molecule has 1 atom stereocenters. The first kappa shape index (κ1) is 21.3. The van der Waals surface area contributed by atoms with Gasteiger partial charge < -0.3 is 14.5 Å². The molecular weight excluding hydrogens is 378 g/mol. The molecule has 0 bridgehead atoms. The maximum absolute atomic E-state index is 12.7. The number of benzene rings is 1. The standard InChI is InChI=1S/C18H21N3O3S.Ca/c1-13-16(19-9-8-17(13)24-11-5-10-23-2)12-25(22)18-20-14-6-3-4-7-15(14)21-18;/h3-4,6-9H,5,10-12H2,1-2H3,(H,20,21);/q;+2/t25-;/m1./s1. The van der Waals surface area contributed by atoms with E-state index in [9.17, 15) is 4.21 Å². The summed E-state index contributed by atoms with van der Waals surface area (Å²) in [6.07, 6.45) is 2.50. The van der Waals surface area contributed by atoms with Crippen LogP contribution in [0.3, 0.4) is 0 Å². The Balaban J connectivity index is 0.00000243. The van der Waals surface area contributed by atoms with Gasteiger partial charge in [-0.2, -0.15) is 0 Å². The molecule has 132 valence electrons. The van der Waals surface area contributed by atoms with Crippen molar-refractivity contribution < 1.29 is 13.7 Å². The van der Waals surface area contributed by atoms with E-state index in [-0.39, 0.29) is 37.7 Å². The summed E-state index contributed by atoms with van der Waals surface area (Å²) in [4.78, 5) is 11.9. The van der Waals surface area contributed by atoms with Gasteiger partial charge in [0.1, 0.15) is 5.75 Å². The van der Waals surface area contributed by atoms with Crippen LogP contribution in [0.4, 0.5) is 0 Å². The average molecular weight is 400 g/mol. The van der Waals surface area contributed by atoms with Gasteiger partial charge in [0.05, 0.1) is 39.9 Å². The molecule has 2 aromatic heterocycles. The summed E-state index contributed by atoms with van der Waals surface area (Å²) < 4.78 is 23.5. The molecule has 0 amide bonds. The molecule has 0 unspecified atom stereocenters. The molecule has 8 heteroatoms. The Labute approximate surface area is 185 Å². The number of rotatable bonds is 8. The fourth-order valence-electron chi connectivity index (χ4n) is 2.48. The molecule has 0 aliphatic rings. The molecule has 0 saturated carbocycles. The molecule has 2 heterocycles. The third kappa shape index (κ3) is 5.27. The Morgan fingerprint density at radius 2 is 2.00 bits per heavy atom. The van der Waals surface area contributed by atoms with Crippen LogP contribution in [-0.4, -0.2) is 77.2 Å². The van der Waals surface area contributed by atoms with Gasteiger partial charge in [-0.1, -0.05) is 12.1 Å². The van der Waals surface area contributed by atoms with Crippen LogP contribution in [0.5, 0.6) is 5.75 Å². The zero-order chi connectivity index (χ0) is 17.6. The number of aromatic nitrogens is 3. The van der Waals surface area contributed by atoms with Crippen LogP contribution < -0.4 is 4.74 Å². The van der Waals surface area contributed by atoms with Crippen molar-refractivity contribution in [2.75, 3.05) is 20.3 Å². The molecule has 0 aliphatic heterocycles. The summed E-state index contributed by atoms with van der Waals surface area (Å²) in [5, 5.41) is 0.466. The molecule has 1 aromatic carbocycles. The molecule has 1 N–H and O–H groups in total. The quantitative estimate of drug-likeness (QED) is 0.465. The summed E-state index contributed by atoms with van der Waals surface area (Å²) in [5.74, 6) is 1.06. The Kier molecular flexibility index (Phi) is 8.50. The van der Waals surface area contributed by atoms with E-state index in [4.69, 9.17) is 9.47 Å². The van der Waals surface area contributed by atoms with Crippen LogP contribution in [0.2, 0.25) is 0 Å². The summed E-state index contributed by atoms with van der Waals surface area (Å²) in [6.45, 7) is 3.17. The molecule has 6 nitrogen and oxygen atoms in total. The first-order chi connectivity index (χ1) is 12.2. The smallest absolute Gasteiger partial charge is 0.493 e. The van der Waals surface area contributed by atoms with E-state index >= 15 is 0 Å². The number of H-pyrrole nitrogens is 1. The second-order valence-electron chi connectivity index (χ2n) is 5.62. The van der Waals surface area contributed by atoms with E-state index in [2.05, 4.69) is 15.0 Å². The maximum Gasteiger partial charge on any atom is 2.00 e. The second-order valence-corrected chi connectivity index (χ2v) is 6.99. The fraction of sp³-hybridized carbons (Fsp3) is 0.333. The van der Waals surface area contributed by atoms with Crippen molar-refractivity contribution >= 4 is 59.6 Å². The monoisotopic (exact) mass is 399 g/mol. The Hall–Kier alpha value is -0.990. The predicted octanol–water partition coefficient (Wildman–Crippen LogP) is 2.61. The molecular formula is C18H21CaN3O3S+2. The molecule has 0 spiro atoms. The van der Waals surface area contributed by atoms with Gasteiger partial charge in [0.15, 0.2) is 5.16 Å². The van der Waals surface area contributed by atoms with E-state index in [1.54, 1.807) is 13.3 Å². The SMILES string of the molecule is COCCCOc1ccnc(C[S@@](=O)c2nc3ccccc3[nH]2)c1C.[Ca+2]. The predicted molar refractivity (Wildman–Crippen MR) is 103 cm³/mol. The van der Waals surface area contributed by atoms with E-state index in [1.165, 1.54) is 0 Å². The summed E-state index contributed by atoms with van der Waals surface area (Å²) in [7, 11) is 0.371. The maximum atomic E-state index is 12.7. The minimum Gasteiger partial charge on any atom is -0.493 e. The van der Waals surface area contributed by atoms with Crippen LogP contribution >= 0.6 is 0 Å². The number of nitrogens with zero attached hydrogens (tertiary/aromatic N) is 2. The summed E-state index contributed by atoms with van der Waals surface area (Å²) in [5.41, 5.74) is 3.35. The van der Waals surface area contributed by atoms with Crippen LogP contribution in [0.1, 0.15) is 17.7 Å². The van der Waals surface area contributed by atoms with Gasteiger partial charge in [-0.15, -0.1) is 0 Å². The van der Waals surface area contributed by atoms with Gasteiger partial charge >= 0.3 is 37.7 Å². The molecule has 0 fully saturated rings. The van der Waals surface area contributed by atoms with Crippen molar-refractivity contribution in [3.63, 3.8) is 0 Å². The number of hydrogen-bond acceptors (Lipinski definition) is 5. The molecule has 3 aromatic rings. The van der Waals surface area contributed by atoms with Crippen molar-refractivity contribution in [1.82, 2.24) is 15.0 Å². The van der Waals surface area contributed by atoms with Gasteiger partial charge in [0.25, 0.3) is 0 Å². The molecule has 3 rings (SSSR count). The van der Waals surface area contributed by atoms with E-state index in [0.717, 1.165) is 34.5 Å². The first-order valence-electron chi connectivity index (χ1n) is 8.08. The molecule has 0 radical (unpaired) electrons. The largest absolute Gasteiger partial charge is 2.00 e. The first-order valence-corrected chi connectivity index (χ1v) is 9.40. The van der Waals surface area contributed by atoms with Gasteiger partial charge in [-0.3, -0.25) is 9.19 Å². The topological polar surface area (TPSA) is 77.1 Å². The number of ether oxygens (including phenoxy) is 2. The van der Waals surface area contributed by atoms with Crippen molar-refractivity contribution in [2.24, 2.45) is 0 Å². The number of aromatic amines is 1. The van der Waals surface area contributed by atoms with Crippen molar-refractivity contribution in [3.05, 3.63) is 47.8 Å². The van der Waals surface area contributed by atoms with Crippen LogP contribution in [0.25, 0.3) is 11.0 Å². The van der Waals surface area contributed by atoms with Crippen molar-refractivity contribution in [3.8, 4) is 5.75 Å². The summed E-state index contributed by atoms with van der Waals surface area (Å²) >= 11 is 0. The third-order valence-electron chi connectivity index (χ3n) is 3.86. The number of pyridine rings is 1. The zero-order valence-corrected chi connectivity index (χ0v) is 18.1. The van der Waals surface area contributed by atoms with Gasteiger partial charge in [-0.25, -0.2) is 4.98 Å². The minimum absolute atomic E-state index is 0. The Morgan fingerprint density at radius 3 is 2.77 bits per heavy atom. The molecule has 26 heavy (non-hydrogen) atoms. The minimum atomic E-state index is -1.30. The van der Waals surface area contributed by atoms with Gasteiger partial charge in [-0.05, 0) is 25.1 Å². The number of methoxy groups -OCH3 is 1. The van der Waals surface area contributed by atoms with Gasteiger partial charge in [0.2, 0.25) is 0 Å².